The van der Waals surface area contributed by atoms with Crippen LogP contribution in [0.5, 0.6) is 0 Å². The third-order valence-electron chi connectivity index (χ3n) is 2.44. The van der Waals surface area contributed by atoms with Crippen LogP contribution in [0.15, 0.2) is 36.7 Å². The topological polar surface area (TPSA) is 38.9 Å². The molecule has 2 rings (SSSR count). The molecule has 0 bridgehead atoms. The van der Waals surface area contributed by atoms with Gasteiger partial charge < -0.3 is 5.73 Å². The highest BCUT2D eigenvalue weighted by Gasteiger charge is 2.14. The van der Waals surface area contributed by atoms with Crippen molar-refractivity contribution in [1.29, 1.82) is 0 Å². The number of nitrogens with two attached hydrogens (primary N) is 1. The first kappa shape index (κ1) is 12.0. The van der Waals surface area contributed by atoms with Crippen molar-refractivity contribution in [2.75, 3.05) is 0 Å². The zero-order valence-corrected chi connectivity index (χ0v) is 9.46. The Bertz CT molecular complexity index is 546. The van der Waals surface area contributed by atoms with Gasteiger partial charge in [0.05, 0.1) is 17.3 Å². The van der Waals surface area contributed by atoms with E-state index in [1.807, 2.05) is 0 Å². The summed E-state index contributed by atoms with van der Waals surface area (Å²) in [7, 11) is 0. The number of pyridine rings is 1. The smallest absolute Gasteiger partial charge is 0.146 e. The van der Waals surface area contributed by atoms with Crippen LogP contribution in [0.25, 0.3) is 0 Å². The molecule has 0 radical (unpaired) electrons. The van der Waals surface area contributed by atoms with E-state index < -0.39 is 17.7 Å². The average molecular weight is 255 g/mol. The van der Waals surface area contributed by atoms with Crippen LogP contribution in [-0.2, 0) is 0 Å². The number of rotatable bonds is 2. The molecular weight excluding hydrogens is 246 g/mol. The fourth-order valence-corrected chi connectivity index (χ4v) is 1.71. The van der Waals surface area contributed by atoms with Gasteiger partial charge >= 0.3 is 0 Å². The van der Waals surface area contributed by atoms with E-state index in [1.165, 1.54) is 30.5 Å². The number of hydrogen-bond acceptors (Lipinski definition) is 2. The maximum Gasteiger partial charge on any atom is 0.146 e. The molecule has 1 unspecified atom stereocenters. The van der Waals surface area contributed by atoms with E-state index in [9.17, 15) is 8.78 Å². The summed E-state index contributed by atoms with van der Waals surface area (Å²) in [4.78, 5) is 3.64. The third kappa shape index (κ3) is 2.43. The van der Waals surface area contributed by atoms with E-state index in [-0.39, 0.29) is 5.02 Å². The van der Waals surface area contributed by atoms with Crippen LogP contribution in [0.2, 0.25) is 5.02 Å². The van der Waals surface area contributed by atoms with Crippen LogP contribution in [0.3, 0.4) is 0 Å². The number of benzene rings is 1. The molecule has 0 fully saturated rings. The predicted octanol–water partition coefficient (Wildman–Crippen LogP) is 3.06. The maximum atomic E-state index is 13.5. The Morgan fingerprint density at radius 1 is 1.18 bits per heavy atom. The summed E-state index contributed by atoms with van der Waals surface area (Å²) in [5.41, 5.74) is 6.72. The highest BCUT2D eigenvalue weighted by Crippen LogP contribution is 2.25. The Labute approximate surface area is 102 Å². The molecule has 1 aromatic carbocycles. The summed E-state index contributed by atoms with van der Waals surface area (Å²) in [6.07, 6.45) is 2.53. The third-order valence-corrected chi connectivity index (χ3v) is 2.73. The van der Waals surface area contributed by atoms with Gasteiger partial charge in [-0.25, -0.2) is 8.78 Å². The van der Waals surface area contributed by atoms with Gasteiger partial charge in [0.1, 0.15) is 11.6 Å². The van der Waals surface area contributed by atoms with Crippen molar-refractivity contribution in [2.24, 2.45) is 5.73 Å². The molecule has 0 saturated heterocycles. The number of aromatic nitrogens is 1. The molecule has 0 aliphatic heterocycles. The fraction of sp³-hybridized carbons (Fsp3) is 0.0833. The zero-order valence-electron chi connectivity index (χ0n) is 8.70. The summed E-state index contributed by atoms with van der Waals surface area (Å²) in [5.74, 6) is -1.03. The molecule has 2 aromatic rings. The molecule has 1 aromatic heterocycles. The lowest BCUT2D eigenvalue weighted by molar-refractivity contribution is 0.592. The molecule has 0 amide bonds. The molecule has 0 spiro atoms. The molecule has 0 aliphatic carbocycles. The Kier molecular flexibility index (Phi) is 3.36. The quantitative estimate of drug-likeness (QED) is 0.895. The van der Waals surface area contributed by atoms with Crippen LogP contribution < -0.4 is 5.73 Å². The fourth-order valence-electron chi connectivity index (χ4n) is 1.52. The van der Waals surface area contributed by atoms with Crippen LogP contribution in [0.4, 0.5) is 8.78 Å². The molecule has 88 valence electrons. The van der Waals surface area contributed by atoms with Crippen LogP contribution in [0.1, 0.15) is 17.2 Å². The van der Waals surface area contributed by atoms with E-state index in [0.29, 0.717) is 11.1 Å². The van der Waals surface area contributed by atoms with Gasteiger partial charge in [0, 0.05) is 11.8 Å². The van der Waals surface area contributed by atoms with E-state index in [2.05, 4.69) is 4.98 Å². The zero-order chi connectivity index (χ0) is 12.4. The van der Waals surface area contributed by atoms with Gasteiger partial charge in [-0.1, -0.05) is 17.7 Å². The number of nitrogens with zero attached hydrogens (tertiary/aromatic N) is 1. The first-order valence-electron chi connectivity index (χ1n) is 4.89. The van der Waals surface area contributed by atoms with Gasteiger partial charge in [0.25, 0.3) is 0 Å². The molecule has 1 atom stereocenters. The van der Waals surface area contributed by atoms with E-state index in [1.54, 1.807) is 0 Å². The highest BCUT2D eigenvalue weighted by atomic mass is 35.5. The van der Waals surface area contributed by atoms with Crippen LogP contribution >= 0.6 is 11.6 Å². The lowest BCUT2D eigenvalue weighted by Crippen LogP contribution is -2.13. The average Bonchev–Trinajstić information content (AvgIpc) is 2.32. The van der Waals surface area contributed by atoms with Crippen molar-refractivity contribution >= 4 is 11.6 Å². The van der Waals surface area contributed by atoms with Crippen molar-refractivity contribution in [3.05, 3.63) is 64.4 Å². The predicted molar refractivity (Wildman–Crippen MR) is 61.6 cm³/mol. The Morgan fingerprint density at radius 2 is 1.94 bits per heavy atom. The van der Waals surface area contributed by atoms with Crippen LogP contribution in [0, 0.1) is 11.6 Å². The lowest BCUT2D eigenvalue weighted by Gasteiger charge is -2.13. The normalized spacial score (nSPS) is 12.5. The second-order valence-corrected chi connectivity index (χ2v) is 3.96. The first-order valence-corrected chi connectivity index (χ1v) is 5.27. The standard InChI is InChI=1S/C12H9ClF2N2/c13-9-5-7(1-2-10(9)14)12(16)8-3-4-17-6-11(8)15/h1-6,12H,16H2. The summed E-state index contributed by atoms with van der Waals surface area (Å²) in [5, 5.41) is -0.0348. The summed E-state index contributed by atoms with van der Waals surface area (Å²) in [6, 6.07) is 4.86. The number of hydrogen-bond donors (Lipinski definition) is 1. The minimum atomic E-state index is -0.698. The van der Waals surface area contributed by atoms with Gasteiger partial charge in [-0.15, -0.1) is 0 Å². The summed E-state index contributed by atoms with van der Waals surface area (Å²) >= 11 is 5.65. The van der Waals surface area contributed by atoms with Crippen molar-refractivity contribution < 1.29 is 8.78 Å². The Balaban J connectivity index is 2.40. The van der Waals surface area contributed by atoms with Gasteiger partial charge in [-0.3, -0.25) is 4.98 Å². The summed E-state index contributed by atoms with van der Waals surface area (Å²) in [6.45, 7) is 0. The maximum absolute atomic E-state index is 13.5. The highest BCUT2D eigenvalue weighted by molar-refractivity contribution is 6.30. The largest absolute Gasteiger partial charge is 0.320 e. The SMILES string of the molecule is NC(c1ccc(F)c(Cl)c1)c1ccncc1F. The van der Waals surface area contributed by atoms with Crippen molar-refractivity contribution in [1.82, 2.24) is 4.98 Å². The molecule has 2 nitrogen and oxygen atoms in total. The molecule has 2 N–H and O–H groups in total. The second-order valence-electron chi connectivity index (χ2n) is 3.55. The van der Waals surface area contributed by atoms with E-state index >= 15 is 0 Å². The Morgan fingerprint density at radius 3 is 2.59 bits per heavy atom. The molecule has 5 heteroatoms. The minimum absolute atomic E-state index is 0.0348. The van der Waals surface area contributed by atoms with E-state index in [0.717, 1.165) is 6.20 Å². The van der Waals surface area contributed by atoms with Crippen molar-refractivity contribution in [3.63, 3.8) is 0 Å². The second kappa shape index (κ2) is 4.77. The monoisotopic (exact) mass is 254 g/mol. The molecular formula is C12H9ClF2N2. The molecule has 17 heavy (non-hydrogen) atoms. The Hall–Kier alpha value is -1.52. The van der Waals surface area contributed by atoms with Crippen molar-refractivity contribution in [2.45, 2.75) is 6.04 Å². The van der Waals surface area contributed by atoms with Gasteiger partial charge in [-0.2, -0.15) is 0 Å². The minimum Gasteiger partial charge on any atom is -0.320 e. The molecule has 0 saturated carbocycles. The number of halogens is 3. The van der Waals surface area contributed by atoms with Gasteiger partial charge in [-0.05, 0) is 23.8 Å². The molecule has 1 heterocycles. The van der Waals surface area contributed by atoms with Gasteiger partial charge in [0.15, 0.2) is 0 Å². The lowest BCUT2D eigenvalue weighted by atomic mass is 10.0. The van der Waals surface area contributed by atoms with Crippen molar-refractivity contribution in [3.8, 4) is 0 Å². The van der Waals surface area contributed by atoms with Crippen LogP contribution in [-0.4, -0.2) is 4.98 Å². The van der Waals surface area contributed by atoms with E-state index in [4.69, 9.17) is 17.3 Å². The van der Waals surface area contributed by atoms with Gasteiger partial charge in [0.2, 0.25) is 0 Å². The summed E-state index contributed by atoms with van der Waals surface area (Å²) < 4.78 is 26.4. The molecule has 0 aliphatic rings. The first-order chi connectivity index (χ1) is 8.09.